The molecular weight excluding hydrogens is 392 g/mol. The lowest BCUT2D eigenvalue weighted by Crippen LogP contribution is -2.28. The van der Waals surface area contributed by atoms with E-state index < -0.39 is 0 Å². The lowest BCUT2D eigenvalue weighted by atomic mass is 9.77. The van der Waals surface area contributed by atoms with E-state index in [4.69, 9.17) is 19.3 Å². The molecule has 0 saturated carbocycles. The van der Waals surface area contributed by atoms with Gasteiger partial charge in [-0.05, 0) is 62.1 Å². The number of methoxy groups -OCH3 is 2. The monoisotopic (exact) mass is 420 g/mol. The lowest BCUT2D eigenvalue weighted by Gasteiger charge is -2.31. The van der Waals surface area contributed by atoms with Crippen molar-refractivity contribution < 1.29 is 19.0 Å². The summed E-state index contributed by atoms with van der Waals surface area (Å²) in [6.45, 7) is 4.05. The molecule has 31 heavy (non-hydrogen) atoms. The minimum Gasteiger partial charge on any atom is -0.497 e. The predicted octanol–water partition coefficient (Wildman–Crippen LogP) is 4.49. The van der Waals surface area contributed by atoms with Crippen molar-refractivity contribution in [2.24, 2.45) is 11.0 Å². The Bertz CT molecular complexity index is 1030. The van der Waals surface area contributed by atoms with Gasteiger partial charge in [0.25, 0.3) is 0 Å². The number of carbonyl (C=O) groups is 1. The van der Waals surface area contributed by atoms with Gasteiger partial charge >= 0.3 is 5.97 Å². The maximum Gasteiger partial charge on any atom is 0.332 e. The number of carbonyl (C=O) groups excluding carboxylic acids is 1. The van der Waals surface area contributed by atoms with Gasteiger partial charge in [0.1, 0.15) is 11.5 Å². The van der Waals surface area contributed by atoms with Gasteiger partial charge in [0.15, 0.2) is 0 Å². The van der Waals surface area contributed by atoms with Crippen LogP contribution < -0.4 is 9.47 Å². The first-order valence-corrected chi connectivity index (χ1v) is 10.6. The molecule has 0 spiro atoms. The molecule has 2 aliphatic rings. The Hall–Kier alpha value is -3.28. The fourth-order valence-corrected chi connectivity index (χ4v) is 4.46. The number of hydrogen-bond acceptors (Lipinski definition) is 6. The van der Waals surface area contributed by atoms with Crippen LogP contribution in [-0.4, -0.2) is 37.5 Å². The van der Waals surface area contributed by atoms with Crippen LogP contribution >= 0.6 is 0 Å². The molecule has 0 bridgehead atoms. The molecule has 0 saturated heterocycles. The van der Waals surface area contributed by atoms with Gasteiger partial charge in [-0.3, -0.25) is 5.01 Å². The molecule has 4 rings (SSSR count). The number of nitrogens with zero attached hydrogens (tertiary/aromatic N) is 2. The van der Waals surface area contributed by atoms with Crippen LogP contribution in [0, 0.1) is 5.92 Å². The Morgan fingerprint density at radius 2 is 1.84 bits per heavy atom. The first kappa shape index (κ1) is 21.0. The van der Waals surface area contributed by atoms with Gasteiger partial charge in [-0.1, -0.05) is 18.2 Å². The Labute approximate surface area is 183 Å². The number of allylic oxidation sites excluding steroid dienone is 1. The van der Waals surface area contributed by atoms with E-state index in [9.17, 15) is 4.79 Å². The molecule has 0 amide bonds. The number of hydrazone groups is 1. The van der Waals surface area contributed by atoms with E-state index >= 15 is 0 Å². The van der Waals surface area contributed by atoms with Crippen LogP contribution in [0.15, 0.2) is 59.3 Å². The van der Waals surface area contributed by atoms with Crippen LogP contribution in [0.2, 0.25) is 0 Å². The number of rotatable bonds is 6. The smallest absolute Gasteiger partial charge is 0.332 e. The van der Waals surface area contributed by atoms with Crippen LogP contribution in [0.25, 0.3) is 0 Å². The molecule has 1 aliphatic carbocycles. The number of ether oxygens (including phenoxy) is 3. The van der Waals surface area contributed by atoms with E-state index in [2.05, 4.69) is 24.3 Å². The lowest BCUT2D eigenvalue weighted by molar-refractivity contribution is -0.137. The molecule has 2 aromatic carbocycles. The van der Waals surface area contributed by atoms with Crippen molar-refractivity contribution in [1.29, 1.82) is 0 Å². The second-order valence-electron chi connectivity index (χ2n) is 7.75. The summed E-state index contributed by atoms with van der Waals surface area (Å²) >= 11 is 0. The van der Waals surface area contributed by atoms with Crippen molar-refractivity contribution in [3.05, 3.63) is 70.9 Å². The van der Waals surface area contributed by atoms with Crippen LogP contribution in [0.1, 0.15) is 43.0 Å². The predicted molar refractivity (Wildman–Crippen MR) is 119 cm³/mol. The molecule has 0 aromatic heterocycles. The summed E-state index contributed by atoms with van der Waals surface area (Å²) < 4.78 is 15.9. The summed E-state index contributed by atoms with van der Waals surface area (Å²) in [7, 11) is 3.34. The summed E-state index contributed by atoms with van der Waals surface area (Å²) in [5.74, 6) is 1.48. The molecule has 0 fully saturated rings. The highest BCUT2D eigenvalue weighted by Crippen LogP contribution is 2.45. The third-order valence-corrected chi connectivity index (χ3v) is 5.96. The third-order valence-electron chi connectivity index (χ3n) is 5.96. The van der Waals surface area contributed by atoms with Gasteiger partial charge in [-0.2, -0.15) is 5.10 Å². The Balaban J connectivity index is 1.78. The maximum atomic E-state index is 12.1. The van der Waals surface area contributed by atoms with Crippen LogP contribution in [-0.2, 0) is 16.0 Å². The highest BCUT2D eigenvalue weighted by molar-refractivity contribution is 6.06. The second kappa shape index (κ2) is 8.84. The van der Waals surface area contributed by atoms with E-state index in [1.165, 1.54) is 11.6 Å². The third kappa shape index (κ3) is 4.02. The molecule has 162 valence electrons. The highest BCUT2D eigenvalue weighted by Gasteiger charge is 2.42. The minimum atomic E-state index is -0.356. The zero-order valence-corrected chi connectivity index (χ0v) is 18.4. The molecule has 1 heterocycles. The molecule has 2 aromatic rings. The molecule has 1 aliphatic heterocycles. The van der Waals surface area contributed by atoms with Crippen molar-refractivity contribution in [1.82, 2.24) is 5.01 Å². The minimum absolute atomic E-state index is 0.00839. The van der Waals surface area contributed by atoms with Crippen molar-refractivity contribution in [3.63, 3.8) is 0 Å². The van der Waals surface area contributed by atoms with Gasteiger partial charge in [-0.15, -0.1) is 0 Å². The molecule has 6 heteroatoms. The zero-order chi connectivity index (χ0) is 22.0. The summed E-state index contributed by atoms with van der Waals surface area (Å²) in [6.07, 6.45) is 3.48. The van der Waals surface area contributed by atoms with E-state index in [-0.39, 0.29) is 17.9 Å². The molecule has 0 N–H and O–H groups in total. The number of esters is 1. The number of benzene rings is 2. The van der Waals surface area contributed by atoms with Crippen LogP contribution in [0.3, 0.4) is 0 Å². The quantitative estimate of drug-likeness (QED) is 0.509. The van der Waals surface area contributed by atoms with E-state index in [1.54, 1.807) is 21.1 Å². The molecule has 2 atom stereocenters. The topological polar surface area (TPSA) is 60.4 Å². The standard InChI is InChI=1S/C25H28N2O4/c1-5-31-23(28)14-16(2)27-25(18-7-10-19(29-3)11-8-18)21-13-9-17-6-12-20(30-4)15-22(17)24(21)26-27/h6-8,10-12,14-15,21,25H,5,9,13H2,1-4H3. The normalized spacial score (nSPS) is 19.9. The average Bonchev–Trinajstić information content (AvgIpc) is 3.19. The zero-order valence-electron chi connectivity index (χ0n) is 18.4. The highest BCUT2D eigenvalue weighted by atomic mass is 16.5. The summed E-state index contributed by atoms with van der Waals surface area (Å²) in [5.41, 5.74) is 5.33. The molecule has 6 nitrogen and oxygen atoms in total. The number of aryl methyl sites for hydroxylation is 1. The summed E-state index contributed by atoms with van der Waals surface area (Å²) in [4.78, 5) is 12.1. The van der Waals surface area contributed by atoms with E-state index in [1.807, 2.05) is 30.1 Å². The van der Waals surface area contributed by atoms with Gasteiger partial charge in [0.2, 0.25) is 0 Å². The molecule has 0 radical (unpaired) electrons. The van der Waals surface area contributed by atoms with Crippen LogP contribution in [0.4, 0.5) is 0 Å². The van der Waals surface area contributed by atoms with E-state index in [0.29, 0.717) is 6.61 Å². The average molecular weight is 421 g/mol. The van der Waals surface area contributed by atoms with Crippen LogP contribution in [0.5, 0.6) is 11.5 Å². The van der Waals surface area contributed by atoms with Crippen molar-refractivity contribution in [2.75, 3.05) is 20.8 Å². The van der Waals surface area contributed by atoms with Gasteiger partial charge in [0.05, 0.1) is 32.6 Å². The summed E-state index contributed by atoms with van der Waals surface area (Å²) in [6, 6.07) is 14.3. The largest absolute Gasteiger partial charge is 0.497 e. The van der Waals surface area contributed by atoms with E-state index in [0.717, 1.165) is 46.9 Å². The Morgan fingerprint density at radius 3 is 2.52 bits per heavy atom. The fraction of sp³-hybridized carbons (Fsp3) is 0.360. The van der Waals surface area contributed by atoms with Gasteiger partial charge in [-0.25, -0.2) is 4.79 Å². The number of hydrogen-bond donors (Lipinski definition) is 0. The van der Waals surface area contributed by atoms with Crippen molar-refractivity contribution >= 4 is 11.7 Å². The van der Waals surface area contributed by atoms with Gasteiger partial charge in [0, 0.05) is 23.3 Å². The molecular formula is C25H28N2O4. The first-order chi connectivity index (χ1) is 15.0. The van der Waals surface area contributed by atoms with Crippen molar-refractivity contribution in [3.8, 4) is 11.5 Å². The van der Waals surface area contributed by atoms with Gasteiger partial charge < -0.3 is 14.2 Å². The Kier molecular flexibility index (Phi) is 5.98. The number of fused-ring (bicyclic) bond motifs is 3. The Morgan fingerprint density at radius 1 is 1.13 bits per heavy atom. The first-order valence-electron chi connectivity index (χ1n) is 10.6. The molecule has 2 unspecified atom stereocenters. The fourth-order valence-electron chi connectivity index (χ4n) is 4.46. The maximum absolute atomic E-state index is 12.1. The second-order valence-corrected chi connectivity index (χ2v) is 7.75. The summed E-state index contributed by atoms with van der Waals surface area (Å²) in [5, 5.41) is 6.99. The SMILES string of the molecule is CCOC(=O)C=C(C)N1N=C2c3cc(OC)ccc3CCC2C1c1ccc(OC)cc1. The van der Waals surface area contributed by atoms with Crippen molar-refractivity contribution in [2.45, 2.75) is 32.7 Å².